The van der Waals surface area contributed by atoms with Crippen LogP contribution in [0.5, 0.6) is 0 Å². The Bertz CT molecular complexity index is 1880. The third-order valence-corrected chi connectivity index (χ3v) is 8.73. The van der Waals surface area contributed by atoms with Gasteiger partial charge in [-0.2, -0.15) is 0 Å². The van der Waals surface area contributed by atoms with Crippen molar-refractivity contribution in [2.75, 3.05) is 4.90 Å². The highest BCUT2D eigenvalue weighted by molar-refractivity contribution is 6.16. The summed E-state index contributed by atoms with van der Waals surface area (Å²) in [5.74, 6) is 2.68. The predicted octanol–water partition coefficient (Wildman–Crippen LogP) is 8.63. The Morgan fingerprint density at radius 1 is 0.643 bits per heavy atom. The second-order valence-corrected chi connectivity index (χ2v) is 11.7. The normalized spacial score (nSPS) is 18.4. The zero-order valence-electron chi connectivity index (χ0n) is 23.3. The minimum absolute atomic E-state index is 0.0484. The first kappa shape index (κ1) is 24.6. The van der Waals surface area contributed by atoms with Crippen LogP contribution in [0.4, 0.5) is 17.5 Å². The fraction of sp³-hybridized carbons (Fsp3) is 0.135. The Morgan fingerprint density at radius 3 is 1.57 bits per heavy atom. The maximum absolute atomic E-state index is 13.1. The molecule has 42 heavy (non-hydrogen) atoms. The molecule has 0 saturated carbocycles. The molecule has 0 radical (unpaired) electrons. The fourth-order valence-corrected chi connectivity index (χ4v) is 6.50. The van der Waals surface area contributed by atoms with E-state index in [0.717, 1.165) is 50.2 Å². The fourth-order valence-electron chi connectivity index (χ4n) is 6.50. The first-order chi connectivity index (χ1) is 20.4. The molecule has 5 heteroatoms. The summed E-state index contributed by atoms with van der Waals surface area (Å²) >= 11 is 0. The van der Waals surface area contributed by atoms with Gasteiger partial charge in [-0.25, -0.2) is 0 Å². The summed E-state index contributed by atoms with van der Waals surface area (Å²) in [5.41, 5.74) is 7.48. The lowest BCUT2D eigenvalue weighted by atomic mass is 9.77. The van der Waals surface area contributed by atoms with Crippen LogP contribution >= 0.6 is 0 Å². The summed E-state index contributed by atoms with van der Waals surface area (Å²) in [6, 6.07) is 29.6. The van der Waals surface area contributed by atoms with Crippen LogP contribution in [0.3, 0.4) is 0 Å². The molecule has 1 aliphatic heterocycles. The van der Waals surface area contributed by atoms with Gasteiger partial charge in [0.15, 0.2) is 11.6 Å². The van der Waals surface area contributed by atoms with Gasteiger partial charge in [-0.05, 0) is 47.5 Å². The topological polar surface area (TPSA) is 63.7 Å². The first-order valence-electron chi connectivity index (χ1n) is 14.2. The lowest BCUT2D eigenvalue weighted by molar-refractivity contribution is 0.103. The quantitative estimate of drug-likeness (QED) is 0.211. The van der Waals surface area contributed by atoms with Crippen LogP contribution in [0.15, 0.2) is 111 Å². The van der Waals surface area contributed by atoms with Crippen LogP contribution in [-0.4, -0.2) is 11.6 Å². The number of carbonyl (C=O) groups is 2. The van der Waals surface area contributed by atoms with Crippen molar-refractivity contribution in [1.82, 2.24) is 0 Å². The van der Waals surface area contributed by atoms with Crippen molar-refractivity contribution in [3.05, 3.63) is 147 Å². The summed E-state index contributed by atoms with van der Waals surface area (Å²) in [7, 11) is 0. The van der Waals surface area contributed by atoms with Gasteiger partial charge < -0.3 is 8.83 Å². The van der Waals surface area contributed by atoms with Crippen molar-refractivity contribution < 1.29 is 18.4 Å². The van der Waals surface area contributed by atoms with E-state index in [2.05, 4.69) is 13.8 Å². The molecular weight excluding hydrogens is 522 g/mol. The van der Waals surface area contributed by atoms with Crippen LogP contribution in [-0.2, 0) is 18.3 Å². The number of Topliss-reactive ketones (excluding diaryl/α,β-unsaturated/α-hetero) is 2. The van der Waals surface area contributed by atoms with E-state index in [1.165, 1.54) is 0 Å². The molecule has 0 N–H and O–H groups in total. The number of hydrogen-bond acceptors (Lipinski definition) is 5. The van der Waals surface area contributed by atoms with Crippen LogP contribution < -0.4 is 4.90 Å². The molecular formula is C37H27NO4. The SMILES string of the molecule is CC1(C)c2cc(/C=C3/Cc4ccccc4C3=O)oc2N(c2ccccc2)c2oc(/C=C3/Cc4ccccc4C3=O)cc21. The van der Waals surface area contributed by atoms with E-state index in [1.54, 1.807) is 0 Å². The lowest BCUT2D eigenvalue weighted by Crippen LogP contribution is -2.28. The van der Waals surface area contributed by atoms with Crippen molar-refractivity contribution in [3.8, 4) is 0 Å². The molecule has 0 saturated heterocycles. The molecule has 2 aromatic heterocycles. The highest BCUT2D eigenvalue weighted by atomic mass is 16.4. The van der Waals surface area contributed by atoms with E-state index >= 15 is 0 Å². The molecule has 3 heterocycles. The van der Waals surface area contributed by atoms with Gasteiger partial charge >= 0.3 is 0 Å². The molecule has 2 aliphatic carbocycles. The number of ketones is 2. The van der Waals surface area contributed by atoms with E-state index in [9.17, 15) is 9.59 Å². The Kier molecular flexibility index (Phi) is 5.23. The highest BCUT2D eigenvalue weighted by Gasteiger charge is 2.43. The zero-order valence-corrected chi connectivity index (χ0v) is 23.3. The zero-order chi connectivity index (χ0) is 28.6. The molecule has 0 atom stereocenters. The number of nitrogens with zero attached hydrogens (tertiary/aromatic N) is 1. The van der Waals surface area contributed by atoms with Crippen molar-refractivity contribution in [2.45, 2.75) is 32.1 Å². The van der Waals surface area contributed by atoms with Crippen LogP contribution in [0.1, 0.15) is 68.3 Å². The van der Waals surface area contributed by atoms with Gasteiger partial charge in [-0.15, -0.1) is 0 Å². The Hall–Kier alpha value is -5.16. The molecule has 8 rings (SSSR count). The highest BCUT2D eigenvalue weighted by Crippen LogP contribution is 2.54. The van der Waals surface area contributed by atoms with Gasteiger partial charge in [-0.3, -0.25) is 14.5 Å². The third-order valence-electron chi connectivity index (χ3n) is 8.73. The smallest absolute Gasteiger partial charge is 0.211 e. The van der Waals surface area contributed by atoms with Crippen molar-refractivity contribution in [2.24, 2.45) is 0 Å². The van der Waals surface area contributed by atoms with E-state index < -0.39 is 5.41 Å². The number of anilines is 3. The van der Waals surface area contributed by atoms with Gasteiger partial charge in [0.05, 0.1) is 5.69 Å². The van der Waals surface area contributed by atoms with E-state index in [-0.39, 0.29) is 11.6 Å². The standard InChI is InChI=1S/C37H27NO4/c1-37(2)31-20-27(18-24-16-22-10-6-8-14-29(22)33(24)39)41-35(31)38(26-12-4-3-5-13-26)36-32(37)21-28(42-36)19-25-17-23-11-7-9-15-30(23)34(25)40/h3-15,18-21H,16-17H2,1-2H3/b24-18-,25-19-. The molecule has 0 fully saturated rings. The maximum atomic E-state index is 13.1. The Labute approximate surface area is 243 Å². The number of fused-ring (bicyclic) bond motifs is 4. The molecule has 0 spiro atoms. The molecule has 0 unspecified atom stereocenters. The minimum atomic E-state index is -0.457. The van der Waals surface area contributed by atoms with E-state index in [0.29, 0.717) is 36.1 Å². The van der Waals surface area contributed by atoms with Gasteiger partial charge in [0.25, 0.3) is 0 Å². The number of hydrogen-bond donors (Lipinski definition) is 0. The average Bonchev–Trinajstić information content (AvgIpc) is 3.76. The largest absolute Gasteiger partial charge is 0.440 e. The molecule has 5 aromatic rings. The summed E-state index contributed by atoms with van der Waals surface area (Å²) in [6.45, 7) is 4.30. The average molecular weight is 550 g/mol. The van der Waals surface area contributed by atoms with Gasteiger partial charge in [0, 0.05) is 51.7 Å². The monoisotopic (exact) mass is 549 g/mol. The molecule has 5 nitrogen and oxygen atoms in total. The summed E-state index contributed by atoms with van der Waals surface area (Å²) in [4.78, 5) is 28.2. The first-order valence-corrected chi connectivity index (χ1v) is 14.2. The van der Waals surface area contributed by atoms with Crippen molar-refractivity contribution in [1.29, 1.82) is 0 Å². The Morgan fingerprint density at radius 2 is 1.10 bits per heavy atom. The summed E-state index contributed by atoms with van der Waals surface area (Å²) in [6.07, 6.45) is 4.93. The van der Waals surface area contributed by atoms with E-state index in [1.807, 2.05) is 108 Å². The summed E-state index contributed by atoms with van der Waals surface area (Å²) in [5, 5.41) is 0. The maximum Gasteiger partial charge on any atom is 0.211 e. The molecule has 3 aromatic carbocycles. The third kappa shape index (κ3) is 3.63. The van der Waals surface area contributed by atoms with E-state index in [4.69, 9.17) is 8.83 Å². The van der Waals surface area contributed by atoms with Crippen LogP contribution in [0.25, 0.3) is 12.2 Å². The number of rotatable bonds is 3. The number of benzene rings is 3. The molecule has 3 aliphatic rings. The number of furan rings is 2. The number of allylic oxidation sites excluding steroid dienone is 2. The minimum Gasteiger partial charge on any atom is -0.440 e. The van der Waals surface area contributed by atoms with Gasteiger partial charge in [0.1, 0.15) is 11.5 Å². The van der Waals surface area contributed by atoms with Crippen molar-refractivity contribution in [3.63, 3.8) is 0 Å². The van der Waals surface area contributed by atoms with Gasteiger partial charge in [-0.1, -0.05) is 80.6 Å². The molecule has 204 valence electrons. The lowest BCUT2D eigenvalue weighted by Gasteiger charge is -2.35. The van der Waals surface area contributed by atoms with Crippen LogP contribution in [0, 0.1) is 0 Å². The van der Waals surface area contributed by atoms with Crippen LogP contribution in [0.2, 0.25) is 0 Å². The summed E-state index contributed by atoms with van der Waals surface area (Å²) < 4.78 is 13.1. The Balaban J connectivity index is 1.23. The second kappa shape index (κ2) is 8.92. The second-order valence-electron chi connectivity index (χ2n) is 11.7. The van der Waals surface area contributed by atoms with Gasteiger partial charge in [0.2, 0.25) is 11.8 Å². The number of para-hydroxylation sites is 1. The van der Waals surface area contributed by atoms with Crippen molar-refractivity contribution >= 4 is 41.2 Å². The number of carbonyl (C=O) groups excluding carboxylic acids is 2. The predicted molar refractivity (Wildman–Crippen MR) is 163 cm³/mol. The molecule has 0 amide bonds. The molecule has 0 bridgehead atoms.